The van der Waals surface area contributed by atoms with E-state index >= 15 is 0 Å². The van der Waals surface area contributed by atoms with Gasteiger partial charge in [0, 0.05) is 6.42 Å². The van der Waals surface area contributed by atoms with Gasteiger partial charge in [0.15, 0.2) is 11.6 Å². The van der Waals surface area contributed by atoms with Crippen molar-refractivity contribution >= 4 is 0 Å². The second-order valence-electron chi connectivity index (χ2n) is 4.27. The van der Waals surface area contributed by atoms with Crippen LogP contribution in [0.4, 0.5) is 8.78 Å². The number of nitrogens with one attached hydrogen (secondary N) is 1. The lowest BCUT2D eigenvalue weighted by atomic mass is 10.0. The number of hydrogen-bond donors (Lipinski definition) is 1. The quantitative estimate of drug-likeness (QED) is 0.871. The molecule has 1 heterocycles. The number of likely N-dealkylation sites (N-methyl/N-ethyl adjacent to an activating group) is 1. The summed E-state index contributed by atoms with van der Waals surface area (Å²) >= 11 is 0. The predicted molar refractivity (Wildman–Crippen MR) is 66.2 cm³/mol. The van der Waals surface area contributed by atoms with Crippen molar-refractivity contribution in [1.29, 1.82) is 0 Å². The third-order valence-electron chi connectivity index (χ3n) is 2.98. The van der Waals surface area contributed by atoms with Crippen LogP contribution >= 0.6 is 0 Å². The summed E-state index contributed by atoms with van der Waals surface area (Å²) in [7, 11) is 0. The van der Waals surface area contributed by atoms with E-state index in [-0.39, 0.29) is 6.04 Å². The fourth-order valence-corrected chi connectivity index (χ4v) is 2.13. The standard InChI is InChI=1S/C14H17F2NO/c1-2-17-12(13-7-4-8-18-13)9-10-5-3-6-11(15)14(10)16/h3,5-7,12,17H,2,4,8-9H2,1H3. The molecule has 0 saturated heterocycles. The first-order chi connectivity index (χ1) is 8.72. The molecule has 0 saturated carbocycles. The van der Waals surface area contributed by atoms with Gasteiger partial charge in [-0.05, 0) is 30.7 Å². The van der Waals surface area contributed by atoms with Gasteiger partial charge in [-0.15, -0.1) is 0 Å². The largest absolute Gasteiger partial charge is 0.496 e. The highest BCUT2D eigenvalue weighted by atomic mass is 19.2. The van der Waals surface area contributed by atoms with Crippen LogP contribution < -0.4 is 5.32 Å². The van der Waals surface area contributed by atoms with Crippen molar-refractivity contribution in [2.75, 3.05) is 13.2 Å². The average molecular weight is 253 g/mol. The summed E-state index contributed by atoms with van der Waals surface area (Å²) in [6, 6.07) is 4.18. The van der Waals surface area contributed by atoms with Crippen molar-refractivity contribution in [1.82, 2.24) is 5.32 Å². The van der Waals surface area contributed by atoms with Crippen molar-refractivity contribution in [3.8, 4) is 0 Å². The van der Waals surface area contributed by atoms with E-state index in [0.717, 1.165) is 24.8 Å². The highest BCUT2D eigenvalue weighted by molar-refractivity contribution is 5.22. The van der Waals surface area contributed by atoms with Gasteiger partial charge < -0.3 is 10.1 Å². The van der Waals surface area contributed by atoms with Gasteiger partial charge in [0.05, 0.1) is 12.6 Å². The highest BCUT2D eigenvalue weighted by Crippen LogP contribution is 2.19. The predicted octanol–water partition coefficient (Wildman–Crippen LogP) is 2.79. The van der Waals surface area contributed by atoms with Gasteiger partial charge in [0.2, 0.25) is 0 Å². The smallest absolute Gasteiger partial charge is 0.162 e. The zero-order valence-corrected chi connectivity index (χ0v) is 10.4. The van der Waals surface area contributed by atoms with Crippen molar-refractivity contribution in [2.24, 2.45) is 0 Å². The molecule has 1 aliphatic heterocycles. The molecule has 1 aromatic carbocycles. The Bertz CT molecular complexity index is 445. The van der Waals surface area contributed by atoms with E-state index in [1.165, 1.54) is 6.07 Å². The molecular formula is C14H17F2NO. The second kappa shape index (κ2) is 5.96. The summed E-state index contributed by atoms with van der Waals surface area (Å²) in [5, 5.41) is 3.24. The van der Waals surface area contributed by atoms with E-state index in [1.54, 1.807) is 6.07 Å². The van der Waals surface area contributed by atoms with Crippen LogP contribution in [0.5, 0.6) is 0 Å². The number of benzene rings is 1. The molecule has 98 valence electrons. The summed E-state index contributed by atoms with van der Waals surface area (Å²) in [6.07, 6.45) is 3.27. The van der Waals surface area contributed by atoms with Crippen molar-refractivity contribution < 1.29 is 13.5 Å². The molecule has 0 aliphatic carbocycles. The Morgan fingerprint density at radius 3 is 2.89 bits per heavy atom. The average Bonchev–Trinajstić information content (AvgIpc) is 2.88. The maximum Gasteiger partial charge on any atom is 0.162 e. The van der Waals surface area contributed by atoms with Crippen LogP contribution in [0, 0.1) is 11.6 Å². The fraction of sp³-hybridized carbons (Fsp3) is 0.429. The first kappa shape index (κ1) is 13.0. The number of hydrogen-bond acceptors (Lipinski definition) is 2. The van der Waals surface area contributed by atoms with Gasteiger partial charge in [0.25, 0.3) is 0 Å². The van der Waals surface area contributed by atoms with Crippen molar-refractivity contribution in [3.63, 3.8) is 0 Å². The number of halogens is 2. The fourth-order valence-electron chi connectivity index (χ4n) is 2.13. The Morgan fingerprint density at radius 1 is 1.39 bits per heavy atom. The third-order valence-corrected chi connectivity index (χ3v) is 2.98. The maximum absolute atomic E-state index is 13.6. The molecule has 1 N–H and O–H groups in total. The van der Waals surface area contributed by atoms with Crippen molar-refractivity contribution in [2.45, 2.75) is 25.8 Å². The summed E-state index contributed by atoms with van der Waals surface area (Å²) in [5.41, 5.74) is 0.373. The minimum absolute atomic E-state index is 0.0891. The van der Waals surface area contributed by atoms with Crippen LogP contribution in [0.25, 0.3) is 0 Å². The molecule has 2 rings (SSSR count). The van der Waals surface area contributed by atoms with Crippen LogP contribution in [0.15, 0.2) is 30.0 Å². The summed E-state index contributed by atoms with van der Waals surface area (Å²) in [4.78, 5) is 0. The Balaban J connectivity index is 2.15. The molecule has 1 atom stereocenters. The van der Waals surface area contributed by atoms with Gasteiger partial charge in [-0.25, -0.2) is 8.78 Å². The van der Waals surface area contributed by atoms with Crippen molar-refractivity contribution in [3.05, 3.63) is 47.2 Å². The van der Waals surface area contributed by atoms with Crippen LogP contribution in [0.3, 0.4) is 0 Å². The van der Waals surface area contributed by atoms with Crippen LogP contribution in [-0.4, -0.2) is 19.2 Å². The van der Waals surface area contributed by atoms with Crippen LogP contribution in [0.2, 0.25) is 0 Å². The molecule has 18 heavy (non-hydrogen) atoms. The molecule has 0 radical (unpaired) electrons. The zero-order chi connectivity index (χ0) is 13.0. The molecule has 0 aromatic heterocycles. The molecule has 1 aliphatic rings. The summed E-state index contributed by atoms with van der Waals surface area (Å²) < 4.78 is 32.3. The third kappa shape index (κ3) is 2.88. The molecule has 0 spiro atoms. The molecule has 4 heteroatoms. The molecule has 2 nitrogen and oxygen atoms in total. The lowest BCUT2D eigenvalue weighted by Crippen LogP contribution is -2.33. The molecule has 0 amide bonds. The van der Waals surface area contributed by atoms with Gasteiger partial charge in [0.1, 0.15) is 5.76 Å². The van der Waals surface area contributed by atoms with Gasteiger partial charge in [-0.1, -0.05) is 19.1 Å². The first-order valence-electron chi connectivity index (χ1n) is 6.21. The minimum atomic E-state index is -0.802. The Kier molecular flexibility index (Phi) is 4.31. The Morgan fingerprint density at radius 2 is 2.22 bits per heavy atom. The molecule has 1 unspecified atom stereocenters. The van der Waals surface area contributed by atoms with E-state index in [0.29, 0.717) is 18.6 Å². The SMILES string of the molecule is CCNC(Cc1cccc(F)c1F)C1=CCCO1. The number of rotatable bonds is 5. The molecule has 0 fully saturated rings. The lowest BCUT2D eigenvalue weighted by Gasteiger charge is -2.19. The monoisotopic (exact) mass is 253 g/mol. The Hall–Kier alpha value is -1.42. The normalized spacial score (nSPS) is 16.3. The van der Waals surface area contributed by atoms with Gasteiger partial charge in [-0.2, -0.15) is 0 Å². The Labute approximate surface area is 106 Å². The van der Waals surface area contributed by atoms with E-state index in [9.17, 15) is 8.78 Å². The van der Waals surface area contributed by atoms with E-state index in [4.69, 9.17) is 4.74 Å². The lowest BCUT2D eigenvalue weighted by molar-refractivity contribution is 0.214. The second-order valence-corrected chi connectivity index (χ2v) is 4.27. The first-order valence-corrected chi connectivity index (χ1v) is 6.21. The van der Waals surface area contributed by atoms with E-state index in [1.807, 2.05) is 13.0 Å². The highest BCUT2D eigenvalue weighted by Gasteiger charge is 2.20. The molecular weight excluding hydrogens is 236 g/mol. The van der Waals surface area contributed by atoms with E-state index < -0.39 is 11.6 Å². The maximum atomic E-state index is 13.6. The molecule has 0 bridgehead atoms. The van der Waals surface area contributed by atoms with Crippen LogP contribution in [-0.2, 0) is 11.2 Å². The summed E-state index contributed by atoms with van der Waals surface area (Å²) in [6.45, 7) is 3.40. The molecule has 1 aromatic rings. The van der Waals surface area contributed by atoms with E-state index in [2.05, 4.69) is 5.32 Å². The van der Waals surface area contributed by atoms with Gasteiger partial charge in [-0.3, -0.25) is 0 Å². The van der Waals surface area contributed by atoms with Crippen LogP contribution in [0.1, 0.15) is 18.9 Å². The van der Waals surface area contributed by atoms with Gasteiger partial charge >= 0.3 is 0 Å². The minimum Gasteiger partial charge on any atom is -0.496 e. The summed E-state index contributed by atoms with van der Waals surface area (Å²) in [5.74, 6) is -0.733. The number of ether oxygens (including phenoxy) is 1. The zero-order valence-electron chi connectivity index (χ0n) is 10.4. The topological polar surface area (TPSA) is 21.3 Å².